The third-order valence-electron chi connectivity index (χ3n) is 3.84. The van der Waals surface area contributed by atoms with E-state index in [1.807, 2.05) is 42.6 Å². The molecule has 0 N–H and O–H groups in total. The lowest BCUT2D eigenvalue weighted by Crippen LogP contribution is -2.61. The quantitative estimate of drug-likeness (QED) is 0.643. The van der Waals surface area contributed by atoms with Crippen molar-refractivity contribution in [3.8, 4) is 0 Å². The SMILES string of the molecule is CC(=O)OC1C(c2cscn2)C(=O)N1C(C)c1ccccc1. The summed E-state index contributed by atoms with van der Waals surface area (Å²) < 4.78 is 5.38. The zero-order valence-corrected chi connectivity index (χ0v) is 13.1. The highest BCUT2D eigenvalue weighted by Crippen LogP contribution is 2.41. The molecule has 1 amide bonds. The van der Waals surface area contributed by atoms with Crippen molar-refractivity contribution in [2.75, 3.05) is 0 Å². The summed E-state index contributed by atoms with van der Waals surface area (Å²) in [5, 5.41) is 1.82. The Labute approximate surface area is 132 Å². The van der Waals surface area contributed by atoms with Crippen molar-refractivity contribution < 1.29 is 14.3 Å². The van der Waals surface area contributed by atoms with Gasteiger partial charge in [0.1, 0.15) is 5.92 Å². The van der Waals surface area contributed by atoms with Gasteiger partial charge in [0.25, 0.3) is 0 Å². The number of ether oxygens (including phenoxy) is 1. The van der Waals surface area contributed by atoms with Gasteiger partial charge in [0.05, 0.1) is 17.2 Å². The predicted molar refractivity (Wildman–Crippen MR) is 82.1 cm³/mol. The number of rotatable bonds is 4. The minimum Gasteiger partial charge on any atom is -0.440 e. The Morgan fingerprint density at radius 1 is 1.36 bits per heavy atom. The first-order valence-corrected chi connectivity index (χ1v) is 7.96. The highest BCUT2D eigenvalue weighted by Gasteiger charge is 2.53. The number of nitrogens with zero attached hydrogens (tertiary/aromatic N) is 2. The van der Waals surface area contributed by atoms with Gasteiger partial charge in [-0.2, -0.15) is 0 Å². The third-order valence-corrected chi connectivity index (χ3v) is 4.44. The molecular weight excluding hydrogens is 300 g/mol. The van der Waals surface area contributed by atoms with Gasteiger partial charge < -0.3 is 4.74 Å². The van der Waals surface area contributed by atoms with Gasteiger partial charge in [-0.05, 0) is 12.5 Å². The number of likely N-dealkylation sites (tertiary alicyclic amines) is 1. The normalized spacial score (nSPS) is 22.1. The van der Waals surface area contributed by atoms with Crippen molar-refractivity contribution in [1.82, 2.24) is 9.88 Å². The third kappa shape index (κ3) is 2.50. The number of esters is 1. The molecule has 0 radical (unpaired) electrons. The van der Waals surface area contributed by atoms with Crippen LogP contribution in [0.25, 0.3) is 0 Å². The monoisotopic (exact) mass is 316 g/mol. The lowest BCUT2D eigenvalue weighted by molar-refractivity contribution is -0.193. The second-order valence-electron chi connectivity index (χ2n) is 5.22. The smallest absolute Gasteiger partial charge is 0.304 e. The van der Waals surface area contributed by atoms with Crippen LogP contribution in [-0.4, -0.2) is 28.0 Å². The highest BCUT2D eigenvalue weighted by atomic mass is 32.1. The molecular formula is C16H16N2O3S. The van der Waals surface area contributed by atoms with Gasteiger partial charge in [-0.25, -0.2) is 4.98 Å². The van der Waals surface area contributed by atoms with E-state index >= 15 is 0 Å². The van der Waals surface area contributed by atoms with E-state index in [-0.39, 0.29) is 11.9 Å². The molecule has 5 nitrogen and oxygen atoms in total. The van der Waals surface area contributed by atoms with Crippen LogP contribution in [0.5, 0.6) is 0 Å². The van der Waals surface area contributed by atoms with E-state index in [2.05, 4.69) is 4.98 Å². The van der Waals surface area contributed by atoms with Crippen LogP contribution in [0.1, 0.15) is 37.1 Å². The zero-order valence-electron chi connectivity index (χ0n) is 12.3. The molecule has 2 aromatic rings. The Hall–Kier alpha value is -2.21. The number of aromatic nitrogens is 1. The molecule has 0 aliphatic carbocycles. The van der Waals surface area contributed by atoms with Crippen molar-refractivity contribution in [3.05, 3.63) is 52.5 Å². The molecule has 1 aromatic carbocycles. The molecule has 1 fully saturated rings. The average Bonchev–Trinajstić information content (AvgIpc) is 3.01. The summed E-state index contributed by atoms with van der Waals surface area (Å²) in [5.41, 5.74) is 3.35. The van der Waals surface area contributed by atoms with Gasteiger partial charge in [-0.15, -0.1) is 11.3 Å². The minimum atomic E-state index is -0.595. The summed E-state index contributed by atoms with van der Waals surface area (Å²) >= 11 is 1.42. The van der Waals surface area contributed by atoms with Gasteiger partial charge in [0.2, 0.25) is 5.91 Å². The van der Waals surface area contributed by atoms with Gasteiger partial charge in [-0.3, -0.25) is 14.5 Å². The molecule has 1 aliphatic rings. The lowest BCUT2D eigenvalue weighted by Gasteiger charge is -2.48. The molecule has 114 valence electrons. The summed E-state index contributed by atoms with van der Waals surface area (Å²) in [6, 6.07) is 9.53. The summed E-state index contributed by atoms with van der Waals surface area (Å²) in [5.74, 6) is -0.960. The van der Waals surface area contributed by atoms with Gasteiger partial charge >= 0.3 is 5.97 Å². The van der Waals surface area contributed by atoms with Gasteiger partial charge in [0.15, 0.2) is 6.23 Å². The van der Waals surface area contributed by atoms with E-state index < -0.39 is 18.1 Å². The van der Waals surface area contributed by atoms with E-state index in [0.717, 1.165) is 5.56 Å². The maximum Gasteiger partial charge on any atom is 0.304 e. The van der Waals surface area contributed by atoms with Crippen LogP contribution in [-0.2, 0) is 14.3 Å². The molecule has 0 spiro atoms. The molecule has 6 heteroatoms. The number of benzene rings is 1. The summed E-state index contributed by atoms with van der Waals surface area (Å²) in [6.07, 6.45) is -0.595. The zero-order chi connectivity index (χ0) is 15.7. The summed E-state index contributed by atoms with van der Waals surface area (Å²) in [4.78, 5) is 29.8. The first kappa shape index (κ1) is 14.7. The highest BCUT2D eigenvalue weighted by molar-refractivity contribution is 7.07. The number of carbonyl (C=O) groups excluding carboxylic acids is 2. The molecule has 2 heterocycles. The fourth-order valence-electron chi connectivity index (χ4n) is 2.73. The van der Waals surface area contributed by atoms with Crippen molar-refractivity contribution in [3.63, 3.8) is 0 Å². The molecule has 3 rings (SSSR count). The minimum absolute atomic E-state index is 0.0616. The number of amides is 1. The number of thiazole rings is 1. The first-order valence-electron chi connectivity index (χ1n) is 7.02. The fourth-order valence-corrected chi connectivity index (χ4v) is 3.32. The van der Waals surface area contributed by atoms with E-state index in [4.69, 9.17) is 4.74 Å². The average molecular weight is 316 g/mol. The van der Waals surface area contributed by atoms with Crippen LogP contribution >= 0.6 is 11.3 Å². The molecule has 1 aliphatic heterocycles. The van der Waals surface area contributed by atoms with Crippen LogP contribution in [0.3, 0.4) is 0 Å². The van der Waals surface area contributed by atoms with E-state index in [1.165, 1.54) is 18.3 Å². The van der Waals surface area contributed by atoms with Crippen molar-refractivity contribution in [2.45, 2.75) is 32.0 Å². The number of hydrogen-bond donors (Lipinski definition) is 0. The van der Waals surface area contributed by atoms with E-state index in [0.29, 0.717) is 5.69 Å². The maximum absolute atomic E-state index is 12.6. The van der Waals surface area contributed by atoms with Crippen LogP contribution in [0.2, 0.25) is 0 Å². The van der Waals surface area contributed by atoms with Crippen LogP contribution < -0.4 is 0 Å². The fraction of sp³-hybridized carbons (Fsp3) is 0.312. The Morgan fingerprint density at radius 3 is 2.68 bits per heavy atom. The molecule has 3 unspecified atom stereocenters. The molecule has 3 atom stereocenters. The Balaban J connectivity index is 1.87. The van der Waals surface area contributed by atoms with Gasteiger partial charge in [-0.1, -0.05) is 30.3 Å². The van der Waals surface area contributed by atoms with Crippen LogP contribution in [0.15, 0.2) is 41.2 Å². The van der Waals surface area contributed by atoms with Crippen molar-refractivity contribution in [1.29, 1.82) is 0 Å². The number of carbonyl (C=O) groups is 2. The maximum atomic E-state index is 12.6. The van der Waals surface area contributed by atoms with Crippen molar-refractivity contribution >= 4 is 23.2 Å². The van der Waals surface area contributed by atoms with Crippen LogP contribution in [0, 0.1) is 0 Å². The lowest BCUT2D eigenvalue weighted by atomic mass is 9.89. The van der Waals surface area contributed by atoms with E-state index in [9.17, 15) is 9.59 Å². The first-order chi connectivity index (χ1) is 10.6. The summed E-state index contributed by atoms with van der Waals surface area (Å²) in [6.45, 7) is 3.28. The molecule has 0 bridgehead atoms. The second kappa shape index (κ2) is 5.88. The summed E-state index contributed by atoms with van der Waals surface area (Å²) in [7, 11) is 0. The Morgan fingerprint density at radius 2 is 2.09 bits per heavy atom. The van der Waals surface area contributed by atoms with E-state index in [1.54, 1.807) is 10.4 Å². The standard InChI is InChI=1S/C16H16N2O3S/c1-10(12-6-4-3-5-7-12)18-15(20)14(13-8-22-9-17-13)16(18)21-11(2)19/h3-10,14,16H,1-2H3. The number of β-lactam (4-membered cyclic amide) rings is 1. The van der Waals surface area contributed by atoms with Crippen LogP contribution in [0.4, 0.5) is 0 Å². The second-order valence-corrected chi connectivity index (χ2v) is 5.94. The largest absolute Gasteiger partial charge is 0.440 e. The predicted octanol–water partition coefficient (Wildman–Crippen LogP) is 2.72. The topological polar surface area (TPSA) is 59.5 Å². The van der Waals surface area contributed by atoms with Crippen molar-refractivity contribution in [2.24, 2.45) is 0 Å². The Bertz CT molecular complexity index is 672. The molecule has 22 heavy (non-hydrogen) atoms. The molecule has 1 saturated heterocycles. The molecule has 0 saturated carbocycles. The molecule has 1 aromatic heterocycles. The van der Waals surface area contributed by atoms with Gasteiger partial charge in [0, 0.05) is 12.3 Å². The number of hydrogen-bond acceptors (Lipinski definition) is 5. The Kier molecular flexibility index (Phi) is 3.94.